The van der Waals surface area contributed by atoms with E-state index in [0.717, 1.165) is 24.2 Å². The van der Waals surface area contributed by atoms with Crippen LogP contribution in [0.1, 0.15) is 45.3 Å². The van der Waals surface area contributed by atoms with Crippen molar-refractivity contribution in [2.45, 2.75) is 51.9 Å². The van der Waals surface area contributed by atoms with E-state index < -0.39 is 0 Å². The molecule has 1 aromatic carbocycles. The van der Waals surface area contributed by atoms with Crippen molar-refractivity contribution in [3.8, 4) is 5.75 Å². The Bertz CT molecular complexity index is 354. The van der Waals surface area contributed by atoms with Crippen LogP contribution in [-0.2, 0) is 4.74 Å². The lowest BCUT2D eigenvalue weighted by Crippen LogP contribution is -2.32. The minimum Gasteiger partial charge on any atom is -0.496 e. The van der Waals surface area contributed by atoms with Gasteiger partial charge >= 0.3 is 0 Å². The maximum absolute atomic E-state index is 6.20. The first-order chi connectivity index (χ1) is 8.63. The largest absolute Gasteiger partial charge is 0.496 e. The Morgan fingerprint density at radius 2 is 1.83 bits per heavy atom. The molecule has 0 radical (unpaired) electrons. The number of nitrogens with two attached hydrogens (primary N) is 1. The van der Waals surface area contributed by atoms with Crippen molar-refractivity contribution in [2.75, 3.05) is 7.11 Å². The molecule has 2 N–H and O–H groups in total. The van der Waals surface area contributed by atoms with Gasteiger partial charge in [-0.25, -0.2) is 0 Å². The van der Waals surface area contributed by atoms with E-state index in [1.54, 1.807) is 7.11 Å². The number of benzene rings is 1. The lowest BCUT2D eigenvalue weighted by molar-refractivity contribution is -0.0208. The second kappa shape index (κ2) is 7.39. The molecule has 0 heterocycles. The van der Waals surface area contributed by atoms with Gasteiger partial charge < -0.3 is 15.2 Å². The summed E-state index contributed by atoms with van der Waals surface area (Å²) < 4.78 is 11.5. The smallest absolute Gasteiger partial charge is 0.124 e. The number of hydrogen-bond acceptors (Lipinski definition) is 3. The molecular weight excluding hydrogens is 226 g/mol. The van der Waals surface area contributed by atoms with Gasteiger partial charge in [-0.15, -0.1) is 0 Å². The van der Waals surface area contributed by atoms with Crippen LogP contribution in [0.4, 0.5) is 0 Å². The highest BCUT2D eigenvalue weighted by molar-refractivity contribution is 5.36. The molecule has 0 aliphatic rings. The van der Waals surface area contributed by atoms with Gasteiger partial charge in [0.2, 0.25) is 0 Å². The van der Waals surface area contributed by atoms with Crippen molar-refractivity contribution < 1.29 is 9.47 Å². The molecule has 3 nitrogen and oxygen atoms in total. The predicted molar refractivity (Wildman–Crippen MR) is 74.8 cm³/mol. The van der Waals surface area contributed by atoms with Crippen LogP contribution in [0, 0.1) is 0 Å². The molecule has 0 saturated heterocycles. The molecule has 0 fully saturated rings. The summed E-state index contributed by atoms with van der Waals surface area (Å²) in [6, 6.07) is 7.91. The zero-order valence-corrected chi connectivity index (χ0v) is 11.8. The molecule has 102 valence electrons. The monoisotopic (exact) mass is 251 g/mol. The molecule has 0 bridgehead atoms. The average Bonchev–Trinajstić information content (AvgIpc) is 2.43. The summed E-state index contributed by atoms with van der Waals surface area (Å²) in [7, 11) is 1.68. The molecule has 3 atom stereocenters. The molecule has 0 amide bonds. The Morgan fingerprint density at radius 3 is 2.39 bits per heavy atom. The molecule has 0 spiro atoms. The SMILES string of the molecule is CCC(C)OC(c1ccccc1OC)C(N)CC. The molecule has 3 heteroatoms. The third-order valence-corrected chi connectivity index (χ3v) is 3.26. The van der Waals surface area contributed by atoms with E-state index in [1.807, 2.05) is 24.3 Å². The van der Waals surface area contributed by atoms with Crippen LogP contribution in [0.3, 0.4) is 0 Å². The van der Waals surface area contributed by atoms with Crippen LogP contribution in [0.5, 0.6) is 5.75 Å². The quantitative estimate of drug-likeness (QED) is 0.808. The van der Waals surface area contributed by atoms with E-state index >= 15 is 0 Å². The highest BCUT2D eigenvalue weighted by Gasteiger charge is 2.24. The van der Waals surface area contributed by atoms with Crippen LogP contribution in [0.15, 0.2) is 24.3 Å². The molecular formula is C15H25NO2. The Labute approximate surface area is 110 Å². The summed E-state index contributed by atoms with van der Waals surface area (Å²) in [5, 5.41) is 0. The Kier molecular flexibility index (Phi) is 6.16. The summed E-state index contributed by atoms with van der Waals surface area (Å²) in [6.45, 7) is 6.26. The predicted octanol–water partition coefficient (Wildman–Crippen LogP) is 3.29. The van der Waals surface area contributed by atoms with Gasteiger partial charge in [-0.2, -0.15) is 0 Å². The van der Waals surface area contributed by atoms with Crippen molar-refractivity contribution >= 4 is 0 Å². The van der Waals surface area contributed by atoms with E-state index in [2.05, 4.69) is 20.8 Å². The van der Waals surface area contributed by atoms with Crippen LogP contribution >= 0.6 is 0 Å². The van der Waals surface area contributed by atoms with E-state index in [-0.39, 0.29) is 18.2 Å². The lowest BCUT2D eigenvalue weighted by Gasteiger charge is -2.28. The maximum Gasteiger partial charge on any atom is 0.124 e. The molecule has 0 saturated carbocycles. The minimum atomic E-state index is -0.110. The molecule has 3 unspecified atom stereocenters. The van der Waals surface area contributed by atoms with Crippen molar-refractivity contribution in [1.82, 2.24) is 0 Å². The van der Waals surface area contributed by atoms with Gasteiger partial charge in [0.1, 0.15) is 11.9 Å². The van der Waals surface area contributed by atoms with Crippen LogP contribution in [0.25, 0.3) is 0 Å². The standard InChI is InChI=1S/C15H25NO2/c1-5-11(3)18-15(13(16)6-2)12-9-7-8-10-14(12)17-4/h7-11,13,15H,5-6,16H2,1-4H3. The van der Waals surface area contributed by atoms with Crippen molar-refractivity contribution in [3.63, 3.8) is 0 Å². The Balaban J connectivity index is 3.01. The molecule has 18 heavy (non-hydrogen) atoms. The number of rotatable bonds is 7. The van der Waals surface area contributed by atoms with E-state index in [4.69, 9.17) is 15.2 Å². The normalized spacial score (nSPS) is 16.1. The number of methoxy groups -OCH3 is 1. The lowest BCUT2D eigenvalue weighted by atomic mass is 9.99. The van der Waals surface area contributed by atoms with Crippen LogP contribution in [0.2, 0.25) is 0 Å². The van der Waals surface area contributed by atoms with Crippen molar-refractivity contribution in [1.29, 1.82) is 0 Å². The first-order valence-electron chi connectivity index (χ1n) is 6.67. The van der Waals surface area contributed by atoms with Gasteiger partial charge in [0.05, 0.1) is 13.2 Å². The van der Waals surface area contributed by atoms with Crippen LogP contribution in [-0.4, -0.2) is 19.3 Å². The first kappa shape index (κ1) is 15.0. The minimum absolute atomic E-state index is 0.0182. The summed E-state index contributed by atoms with van der Waals surface area (Å²) >= 11 is 0. The second-order valence-corrected chi connectivity index (χ2v) is 4.59. The van der Waals surface area contributed by atoms with E-state index in [1.165, 1.54) is 0 Å². The fraction of sp³-hybridized carbons (Fsp3) is 0.600. The maximum atomic E-state index is 6.20. The second-order valence-electron chi connectivity index (χ2n) is 4.59. The fourth-order valence-corrected chi connectivity index (χ4v) is 1.87. The average molecular weight is 251 g/mol. The molecule has 1 rings (SSSR count). The number of hydrogen-bond donors (Lipinski definition) is 1. The summed E-state index contributed by atoms with van der Waals surface area (Å²) in [5.74, 6) is 0.842. The van der Waals surface area contributed by atoms with Crippen molar-refractivity contribution in [3.05, 3.63) is 29.8 Å². The summed E-state index contributed by atoms with van der Waals surface area (Å²) in [6.07, 6.45) is 1.93. The molecule has 0 aliphatic carbocycles. The first-order valence-corrected chi connectivity index (χ1v) is 6.67. The fourth-order valence-electron chi connectivity index (χ4n) is 1.87. The van der Waals surface area contributed by atoms with E-state index in [0.29, 0.717) is 0 Å². The van der Waals surface area contributed by atoms with Gasteiger partial charge in [-0.05, 0) is 25.8 Å². The third-order valence-electron chi connectivity index (χ3n) is 3.26. The van der Waals surface area contributed by atoms with Crippen LogP contribution < -0.4 is 10.5 Å². The zero-order chi connectivity index (χ0) is 13.5. The van der Waals surface area contributed by atoms with Gasteiger partial charge in [-0.3, -0.25) is 0 Å². The molecule has 1 aromatic rings. The van der Waals surface area contributed by atoms with Gasteiger partial charge in [0.25, 0.3) is 0 Å². The topological polar surface area (TPSA) is 44.5 Å². The third kappa shape index (κ3) is 3.72. The van der Waals surface area contributed by atoms with Gasteiger partial charge in [0, 0.05) is 11.6 Å². The van der Waals surface area contributed by atoms with E-state index in [9.17, 15) is 0 Å². The van der Waals surface area contributed by atoms with Gasteiger partial charge in [-0.1, -0.05) is 32.0 Å². The number of ether oxygens (including phenoxy) is 2. The summed E-state index contributed by atoms with van der Waals surface area (Å²) in [5.41, 5.74) is 7.23. The molecule has 0 aliphatic heterocycles. The van der Waals surface area contributed by atoms with Gasteiger partial charge in [0.15, 0.2) is 0 Å². The number of para-hydroxylation sites is 1. The summed E-state index contributed by atoms with van der Waals surface area (Å²) in [4.78, 5) is 0. The zero-order valence-electron chi connectivity index (χ0n) is 11.8. The molecule has 0 aromatic heterocycles. The van der Waals surface area contributed by atoms with Crippen molar-refractivity contribution in [2.24, 2.45) is 5.73 Å². The Morgan fingerprint density at radius 1 is 1.17 bits per heavy atom. The Hall–Kier alpha value is -1.06. The highest BCUT2D eigenvalue weighted by Crippen LogP contribution is 2.31. The highest BCUT2D eigenvalue weighted by atomic mass is 16.5.